The second-order valence-corrected chi connectivity index (χ2v) is 8.16. The van der Waals surface area contributed by atoms with E-state index < -0.39 is 28.5 Å². The van der Waals surface area contributed by atoms with E-state index in [0.29, 0.717) is 31.3 Å². The van der Waals surface area contributed by atoms with Crippen molar-refractivity contribution in [3.63, 3.8) is 0 Å². The minimum Gasteiger partial charge on any atom is -0.486 e. The fourth-order valence-corrected chi connectivity index (χ4v) is 3.63. The third kappa shape index (κ3) is 7.52. The van der Waals surface area contributed by atoms with Crippen molar-refractivity contribution in [2.24, 2.45) is 0 Å². The minimum absolute atomic E-state index is 0.0233. The number of sulfonamides is 1. The molecule has 29 heavy (non-hydrogen) atoms. The predicted molar refractivity (Wildman–Crippen MR) is 102 cm³/mol. The first kappa shape index (κ1) is 22.9. The zero-order chi connectivity index (χ0) is 21.3. The molecule has 1 atom stereocenters. The second kappa shape index (κ2) is 11.0. The Bertz CT molecular complexity index is 812. The van der Waals surface area contributed by atoms with Gasteiger partial charge in [-0.05, 0) is 25.5 Å². The summed E-state index contributed by atoms with van der Waals surface area (Å²) in [4.78, 5) is 23.3. The van der Waals surface area contributed by atoms with Gasteiger partial charge in [0.05, 0.1) is 11.5 Å². The summed E-state index contributed by atoms with van der Waals surface area (Å²) >= 11 is 0. The van der Waals surface area contributed by atoms with Crippen molar-refractivity contribution in [2.75, 3.05) is 40.1 Å². The molecule has 0 aliphatic carbocycles. The van der Waals surface area contributed by atoms with Crippen molar-refractivity contribution in [1.29, 1.82) is 0 Å². The zero-order valence-corrected chi connectivity index (χ0v) is 17.2. The molecule has 0 saturated heterocycles. The molecule has 2 N–H and O–H groups in total. The first-order valence-corrected chi connectivity index (χ1v) is 10.6. The van der Waals surface area contributed by atoms with Crippen LogP contribution in [-0.2, 0) is 29.1 Å². The summed E-state index contributed by atoms with van der Waals surface area (Å²) in [6.07, 6.45) is 0.203. The zero-order valence-electron chi connectivity index (χ0n) is 16.4. The van der Waals surface area contributed by atoms with Crippen LogP contribution < -0.4 is 19.5 Å². The Morgan fingerprint density at radius 1 is 1.21 bits per heavy atom. The van der Waals surface area contributed by atoms with Crippen LogP contribution >= 0.6 is 0 Å². The van der Waals surface area contributed by atoms with Gasteiger partial charge in [0, 0.05) is 32.2 Å². The molecule has 0 saturated carbocycles. The number of ether oxygens (including phenoxy) is 4. The lowest BCUT2D eigenvalue weighted by molar-refractivity contribution is -0.148. The third-order valence-electron chi connectivity index (χ3n) is 3.86. The van der Waals surface area contributed by atoms with Gasteiger partial charge in [-0.2, -0.15) is 0 Å². The standard InChI is InChI=1S/C18H26N2O8S/c1-13(11-25-2)20-17(21)12-28-18(22)4-3-7-19-29(23,24)14-5-6-15-16(10-14)27-9-8-26-15/h5-6,10,13,19H,3-4,7-9,11-12H2,1-2H3,(H,20,21). The molecular weight excluding hydrogens is 404 g/mol. The van der Waals surface area contributed by atoms with E-state index in [1.54, 1.807) is 13.0 Å². The number of nitrogens with one attached hydrogen (secondary N) is 2. The van der Waals surface area contributed by atoms with E-state index in [9.17, 15) is 18.0 Å². The van der Waals surface area contributed by atoms with Crippen LogP contribution in [-0.4, -0.2) is 66.4 Å². The van der Waals surface area contributed by atoms with Crippen LogP contribution in [0, 0.1) is 0 Å². The van der Waals surface area contributed by atoms with Gasteiger partial charge >= 0.3 is 5.97 Å². The van der Waals surface area contributed by atoms with Crippen molar-refractivity contribution < 1.29 is 37.0 Å². The van der Waals surface area contributed by atoms with Crippen molar-refractivity contribution in [3.05, 3.63) is 18.2 Å². The highest BCUT2D eigenvalue weighted by molar-refractivity contribution is 7.89. The molecule has 2 rings (SSSR count). The maximum absolute atomic E-state index is 12.3. The Kier molecular flexibility index (Phi) is 8.68. The Hall–Kier alpha value is -2.37. The van der Waals surface area contributed by atoms with E-state index in [2.05, 4.69) is 10.0 Å². The highest BCUT2D eigenvalue weighted by atomic mass is 32.2. The molecule has 11 heteroatoms. The largest absolute Gasteiger partial charge is 0.486 e. The van der Waals surface area contributed by atoms with Crippen molar-refractivity contribution in [3.8, 4) is 11.5 Å². The topological polar surface area (TPSA) is 129 Å². The van der Waals surface area contributed by atoms with Gasteiger partial charge in [-0.3, -0.25) is 9.59 Å². The number of amides is 1. The summed E-state index contributed by atoms with van der Waals surface area (Å²) in [5, 5.41) is 2.61. The molecular formula is C18H26N2O8S. The first-order chi connectivity index (χ1) is 13.8. The van der Waals surface area contributed by atoms with E-state index in [1.165, 1.54) is 19.2 Å². The average Bonchev–Trinajstić information content (AvgIpc) is 2.69. The number of hydrogen-bond acceptors (Lipinski definition) is 8. The number of esters is 1. The molecule has 10 nitrogen and oxygen atoms in total. The smallest absolute Gasteiger partial charge is 0.306 e. The highest BCUT2D eigenvalue weighted by Gasteiger charge is 2.19. The van der Waals surface area contributed by atoms with Gasteiger partial charge in [-0.1, -0.05) is 0 Å². The normalized spacial score (nSPS) is 14.1. The molecule has 0 spiro atoms. The molecule has 1 aliphatic heterocycles. The molecule has 0 fully saturated rings. The highest BCUT2D eigenvalue weighted by Crippen LogP contribution is 2.32. The van der Waals surface area contributed by atoms with E-state index in [1.807, 2.05) is 0 Å². The second-order valence-electron chi connectivity index (χ2n) is 6.39. The van der Waals surface area contributed by atoms with Gasteiger partial charge in [0.1, 0.15) is 13.2 Å². The van der Waals surface area contributed by atoms with Gasteiger partial charge in [0.25, 0.3) is 5.91 Å². The lowest BCUT2D eigenvalue weighted by Crippen LogP contribution is -2.38. The van der Waals surface area contributed by atoms with Crippen LogP contribution in [0.3, 0.4) is 0 Å². The van der Waals surface area contributed by atoms with Crippen molar-refractivity contribution >= 4 is 21.9 Å². The minimum atomic E-state index is -3.75. The lowest BCUT2D eigenvalue weighted by atomic mass is 10.3. The van der Waals surface area contributed by atoms with Crippen LogP contribution in [0.1, 0.15) is 19.8 Å². The number of carbonyl (C=O) groups excluding carboxylic acids is 2. The van der Waals surface area contributed by atoms with E-state index in [-0.39, 0.29) is 30.3 Å². The molecule has 0 aromatic heterocycles. The summed E-state index contributed by atoms with van der Waals surface area (Å²) in [5.74, 6) is -0.139. The molecule has 1 aliphatic rings. The summed E-state index contributed by atoms with van der Waals surface area (Å²) in [6.45, 7) is 2.54. The Labute approximate surface area is 169 Å². The Morgan fingerprint density at radius 3 is 2.66 bits per heavy atom. The van der Waals surface area contributed by atoms with Crippen LogP contribution in [0.5, 0.6) is 11.5 Å². The molecule has 1 unspecified atom stereocenters. The Morgan fingerprint density at radius 2 is 1.93 bits per heavy atom. The van der Waals surface area contributed by atoms with Crippen molar-refractivity contribution in [1.82, 2.24) is 10.0 Å². The van der Waals surface area contributed by atoms with Crippen LogP contribution in [0.2, 0.25) is 0 Å². The third-order valence-corrected chi connectivity index (χ3v) is 5.32. The molecule has 1 amide bonds. The fourth-order valence-electron chi connectivity index (χ4n) is 2.54. The van der Waals surface area contributed by atoms with E-state index >= 15 is 0 Å². The van der Waals surface area contributed by atoms with E-state index in [4.69, 9.17) is 18.9 Å². The fraction of sp³-hybridized carbons (Fsp3) is 0.556. The molecule has 1 heterocycles. The summed E-state index contributed by atoms with van der Waals surface area (Å²) in [5.41, 5.74) is 0. The molecule has 0 radical (unpaired) electrons. The predicted octanol–water partition coefficient (Wildman–Crippen LogP) is 0.211. The first-order valence-electron chi connectivity index (χ1n) is 9.15. The molecule has 1 aromatic rings. The van der Waals surface area contributed by atoms with Crippen molar-refractivity contribution in [2.45, 2.75) is 30.7 Å². The average molecular weight is 430 g/mol. The van der Waals surface area contributed by atoms with Gasteiger partial charge in [-0.25, -0.2) is 13.1 Å². The van der Waals surface area contributed by atoms with Crippen LogP contribution in [0.15, 0.2) is 23.1 Å². The SMILES string of the molecule is COCC(C)NC(=O)COC(=O)CCCNS(=O)(=O)c1ccc2c(c1)OCCO2. The van der Waals surface area contributed by atoms with Crippen LogP contribution in [0.25, 0.3) is 0 Å². The summed E-state index contributed by atoms with van der Waals surface area (Å²) < 4.78 is 47.6. The van der Waals surface area contributed by atoms with Gasteiger partial charge in [0.2, 0.25) is 10.0 Å². The van der Waals surface area contributed by atoms with Crippen LogP contribution in [0.4, 0.5) is 0 Å². The van der Waals surface area contributed by atoms with Gasteiger partial charge in [-0.15, -0.1) is 0 Å². The monoisotopic (exact) mass is 430 g/mol. The summed E-state index contributed by atoms with van der Waals surface area (Å²) in [6, 6.07) is 4.17. The number of rotatable bonds is 11. The summed E-state index contributed by atoms with van der Waals surface area (Å²) in [7, 11) is -2.23. The lowest BCUT2D eigenvalue weighted by Gasteiger charge is -2.18. The number of methoxy groups -OCH3 is 1. The number of benzene rings is 1. The van der Waals surface area contributed by atoms with Gasteiger partial charge < -0.3 is 24.3 Å². The molecule has 0 bridgehead atoms. The number of fused-ring (bicyclic) bond motifs is 1. The van der Waals surface area contributed by atoms with Gasteiger partial charge in [0.15, 0.2) is 18.1 Å². The number of carbonyl (C=O) groups is 2. The Balaban J connectivity index is 1.70. The molecule has 1 aromatic carbocycles. The van der Waals surface area contributed by atoms with E-state index in [0.717, 1.165) is 0 Å². The quantitative estimate of drug-likeness (QED) is 0.377. The maximum Gasteiger partial charge on any atom is 0.306 e. The molecule has 162 valence electrons. The number of hydrogen-bond donors (Lipinski definition) is 2. The maximum atomic E-state index is 12.3.